The second kappa shape index (κ2) is 2.91. The van der Waals surface area contributed by atoms with Crippen LogP contribution in [0.3, 0.4) is 0 Å². The monoisotopic (exact) mass is 186 g/mol. The fourth-order valence-electron chi connectivity index (χ4n) is 1.88. The largest absolute Gasteiger partial charge is 0.309 e. The Morgan fingerprint density at radius 1 is 1.75 bits per heavy atom. The molecule has 3 heteroatoms. The van der Waals surface area contributed by atoms with Gasteiger partial charge < -0.3 is 4.52 Å². The molecule has 0 amide bonds. The summed E-state index contributed by atoms with van der Waals surface area (Å²) in [6, 6.07) is 0. The molecule has 0 radical (unpaired) electrons. The van der Waals surface area contributed by atoms with E-state index in [9.17, 15) is 4.57 Å². The Labute approximate surface area is 74.1 Å². The van der Waals surface area contributed by atoms with E-state index in [0.717, 1.165) is 6.42 Å². The van der Waals surface area contributed by atoms with Crippen LogP contribution in [0.5, 0.6) is 0 Å². The van der Waals surface area contributed by atoms with Crippen molar-refractivity contribution in [2.45, 2.75) is 25.9 Å². The third-order valence-electron chi connectivity index (χ3n) is 2.08. The molecule has 0 bridgehead atoms. The smallest absolute Gasteiger partial charge is 0.201 e. The standard InChI is InChI=1S/C9H15O2P/c1-5-9(3)6-8(2)7-12(4,10)11-9/h1,8H,6-7H2,2-4H3. The van der Waals surface area contributed by atoms with Crippen molar-refractivity contribution in [3.63, 3.8) is 0 Å². The lowest BCUT2D eigenvalue weighted by atomic mass is 9.95. The molecule has 0 saturated carbocycles. The summed E-state index contributed by atoms with van der Waals surface area (Å²) >= 11 is 0. The first-order valence-corrected chi connectivity index (χ1v) is 6.38. The molecule has 0 spiro atoms. The normalized spacial score (nSPS) is 48.3. The maximum atomic E-state index is 11.7. The maximum absolute atomic E-state index is 11.7. The summed E-state index contributed by atoms with van der Waals surface area (Å²) in [4.78, 5) is 0. The lowest BCUT2D eigenvalue weighted by molar-refractivity contribution is 0.110. The van der Waals surface area contributed by atoms with E-state index in [1.54, 1.807) is 6.66 Å². The Balaban J connectivity index is 2.86. The lowest BCUT2D eigenvalue weighted by Crippen LogP contribution is -2.33. The summed E-state index contributed by atoms with van der Waals surface area (Å²) in [6.07, 6.45) is 6.79. The van der Waals surface area contributed by atoms with Gasteiger partial charge in [0.1, 0.15) is 5.60 Å². The number of rotatable bonds is 0. The van der Waals surface area contributed by atoms with E-state index in [2.05, 4.69) is 12.8 Å². The van der Waals surface area contributed by atoms with E-state index < -0.39 is 13.0 Å². The highest BCUT2D eigenvalue weighted by atomic mass is 31.2. The minimum atomic E-state index is -2.42. The van der Waals surface area contributed by atoms with Gasteiger partial charge in [0, 0.05) is 12.8 Å². The zero-order valence-electron chi connectivity index (χ0n) is 7.83. The first-order chi connectivity index (χ1) is 5.37. The molecule has 3 unspecified atom stereocenters. The maximum Gasteiger partial charge on any atom is 0.201 e. The summed E-state index contributed by atoms with van der Waals surface area (Å²) in [5, 5.41) is 0. The van der Waals surface area contributed by atoms with Crippen LogP contribution in [0.25, 0.3) is 0 Å². The molecule has 0 aromatic carbocycles. The predicted molar refractivity (Wildman–Crippen MR) is 50.5 cm³/mol. The van der Waals surface area contributed by atoms with Crippen molar-refractivity contribution < 1.29 is 9.09 Å². The highest BCUT2D eigenvalue weighted by molar-refractivity contribution is 7.58. The van der Waals surface area contributed by atoms with Crippen LogP contribution >= 0.6 is 7.37 Å². The van der Waals surface area contributed by atoms with Crippen LogP contribution in [-0.2, 0) is 9.09 Å². The Bertz CT molecular complexity index is 266. The molecule has 0 aliphatic carbocycles. The molecule has 0 aromatic rings. The molecule has 1 aliphatic heterocycles. The molecule has 12 heavy (non-hydrogen) atoms. The quantitative estimate of drug-likeness (QED) is 0.428. The third-order valence-corrected chi connectivity index (χ3v) is 4.16. The van der Waals surface area contributed by atoms with Crippen molar-refractivity contribution in [3.05, 3.63) is 0 Å². The lowest BCUT2D eigenvalue weighted by Gasteiger charge is -2.36. The van der Waals surface area contributed by atoms with E-state index >= 15 is 0 Å². The molecule has 68 valence electrons. The topological polar surface area (TPSA) is 26.3 Å². The summed E-state index contributed by atoms with van der Waals surface area (Å²) in [5.41, 5.74) is -0.609. The Hall–Kier alpha value is -0.250. The van der Waals surface area contributed by atoms with Gasteiger partial charge >= 0.3 is 0 Å². The summed E-state index contributed by atoms with van der Waals surface area (Å²) in [6.45, 7) is 5.56. The molecule has 1 fully saturated rings. The van der Waals surface area contributed by atoms with E-state index in [1.165, 1.54) is 0 Å². The van der Waals surface area contributed by atoms with Crippen molar-refractivity contribution in [3.8, 4) is 12.3 Å². The Kier molecular flexibility index (Phi) is 2.38. The summed E-state index contributed by atoms with van der Waals surface area (Å²) in [5.74, 6) is 2.97. The molecule has 0 aromatic heterocycles. The van der Waals surface area contributed by atoms with Crippen molar-refractivity contribution in [2.75, 3.05) is 12.8 Å². The van der Waals surface area contributed by atoms with Gasteiger partial charge in [-0.15, -0.1) is 6.42 Å². The van der Waals surface area contributed by atoms with Crippen LogP contribution in [0.2, 0.25) is 0 Å². The first-order valence-electron chi connectivity index (χ1n) is 4.12. The third kappa shape index (κ3) is 2.12. The van der Waals surface area contributed by atoms with E-state index in [1.807, 2.05) is 6.92 Å². The molecule has 1 saturated heterocycles. The van der Waals surface area contributed by atoms with Crippen molar-refractivity contribution in [2.24, 2.45) is 5.92 Å². The fraction of sp³-hybridized carbons (Fsp3) is 0.778. The van der Waals surface area contributed by atoms with Crippen LogP contribution in [0.4, 0.5) is 0 Å². The van der Waals surface area contributed by atoms with Crippen LogP contribution < -0.4 is 0 Å². The van der Waals surface area contributed by atoms with Crippen LogP contribution in [0.15, 0.2) is 0 Å². The van der Waals surface area contributed by atoms with Crippen LogP contribution in [0.1, 0.15) is 20.3 Å². The number of terminal acetylenes is 1. The minimum Gasteiger partial charge on any atom is -0.309 e. The van der Waals surface area contributed by atoms with Gasteiger partial charge in [0.15, 0.2) is 0 Å². The number of hydrogen-bond donors (Lipinski definition) is 0. The highest BCUT2D eigenvalue weighted by Gasteiger charge is 2.38. The summed E-state index contributed by atoms with van der Waals surface area (Å²) < 4.78 is 17.1. The van der Waals surface area contributed by atoms with E-state index in [-0.39, 0.29) is 0 Å². The van der Waals surface area contributed by atoms with Crippen molar-refractivity contribution in [1.82, 2.24) is 0 Å². The van der Waals surface area contributed by atoms with Crippen molar-refractivity contribution in [1.29, 1.82) is 0 Å². The molecular weight excluding hydrogens is 171 g/mol. The van der Waals surface area contributed by atoms with Gasteiger partial charge in [-0.25, -0.2) is 0 Å². The zero-order chi connectivity index (χ0) is 9.41. The average Bonchev–Trinajstić information content (AvgIpc) is 1.82. The van der Waals surface area contributed by atoms with E-state index in [0.29, 0.717) is 12.1 Å². The van der Waals surface area contributed by atoms with Gasteiger partial charge in [-0.3, -0.25) is 4.57 Å². The minimum absolute atomic E-state index is 0.399. The predicted octanol–water partition coefficient (Wildman–Crippen LogP) is 2.34. The van der Waals surface area contributed by atoms with Gasteiger partial charge in [0.2, 0.25) is 7.37 Å². The van der Waals surface area contributed by atoms with Gasteiger partial charge in [-0.05, 0) is 19.3 Å². The highest BCUT2D eigenvalue weighted by Crippen LogP contribution is 2.53. The van der Waals surface area contributed by atoms with Crippen molar-refractivity contribution >= 4 is 7.37 Å². The SMILES string of the molecule is C#CC1(C)CC(C)CP(C)(=O)O1. The fourth-order valence-corrected chi connectivity index (χ4v) is 4.20. The molecular formula is C9H15O2P. The van der Waals surface area contributed by atoms with Gasteiger partial charge in [-0.1, -0.05) is 12.8 Å². The average molecular weight is 186 g/mol. The molecule has 1 aliphatic rings. The molecule has 1 heterocycles. The van der Waals surface area contributed by atoms with Crippen LogP contribution in [-0.4, -0.2) is 18.4 Å². The number of hydrogen-bond acceptors (Lipinski definition) is 2. The second-order valence-corrected chi connectivity index (χ2v) is 6.55. The Morgan fingerprint density at radius 3 is 2.75 bits per heavy atom. The molecule has 1 rings (SSSR count). The zero-order valence-corrected chi connectivity index (χ0v) is 8.73. The van der Waals surface area contributed by atoms with Crippen LogP contribution in [0, 0.1) is 18.3 Å². The van der Waals surface area contributed by atoms with Gasteiger partial charge in [0.25, 0.3) is 0 Å². The van der Waals surface area contributed by atoms with E-state index in [4.69, 9.17) is 10.9 Å². The molecule has 3 atom stereocenters. The Morgan fingerprint density at radius 2 is 2.33 bits per heavy atom. The first kappa shape index (κ1) is 9.84. The molecule has 2 nitrogen and oxygen atoms in total. The second-order valence-electron chi connectivity index (χ2n) is 3.97. The summed E-state index contributed by atoms with van der Waals surface area (Å²) in [7, 11) is -2.42. The molecule has 0 N–H and O–H groups in total. The van der Waals surface area contributed by atoms with Gasteiger partial charge in [0.05, 0.1) is 0 Å². The van der Waals surface area contributed by atoms with Gasteiger partial charge in [-0.2, -0.15) is 0 Å².